The van der Waals surface area contributed by atoms with Gasteiger partial charge in [0.05, 0.1) is 11.5 Å². The minimum absolute atomic E-state index is 0.180. The molecule has 20 heavy (non-hydrogen) atoms. The van der Waals surface area contributed by atoms with E-state index in [-0.39, 0.29) is 11.5 Å². The van der Waals surface area contributed by atoms with E-state index in [0.717, 1.165) is 6.07 Å². The molecular weight excluding hydrogens is 271 g/mol. The second-order valence-electron chi connectivity index (χ2n) is 5.20. The predicted molar refractivity (Wildman–Crippen MR) is 67.5 cm³/mol. The van der Waals surface area contributed by atoms with Gasteiger partial charge in [-0.25, -0.2) is 0 Å². The van der Waals surface area contributed by atoms with E-state index in [9.17, 15) is 18.0 Å². The fourth-order valence-corrected chi connectivity index (χ4v) is 2.58. The fraction of sp³-hybridized carbons (Fsp3) is 0.500. The molecule has 1 aromatic carbocycles. The summed E-state index contributed by atoms with van der Waals surface area (Å²) in [5, 5.41) is 12.0. The SMILES string of the molecule is Cc1ccc(C2CNCC(C(=O)O)C2)cc1C(F)(F)F. The minimum atomic E-state index is -4.38. The maximum absolute atomic E-state index is 12.9. The van der Waals surface area contributed by atoms with E-state index in [4.69, 9.17) is 5.11 Å². The Labute approximate surface area is 114 Å². The van der Waals surface area contributed by atoms with E-state index in [2.05, 4.69) is 5.32 Å². The molecule has 1 heterocycles. The molecule has 0 aromatic heterocycles. The quantitative estimate of drug-likeness (QED) is 0.879. The summed E-state index contributed by atoms with van der Waals surface area (Å²) in [5.41, 5.74) is 0.0774. The summed E-state index contributed by atoms with van der Waals surface area (Å²) in [4.78, 5) is 11.0. The number of hydrogen-bond acceptors (Lipinski definition) is 2. The molecule has 2 N–H and O–H groups in total. The number of hydrogen-bond donors (Lipinski definition) is 2. The zero-order chi connectivity index (χ0) is 14.9. The molecule has 1 aromatic rings. The van der Waals surface area contributed by atoms with Gasteiger partial charge in [-0.15, -0.1) is 0 Å². The van der Waals surface area contributed by atoms with Gasteiger partial charge in [0, 0.05) is 13.1 Å². The lowest BCUT2D eigenvalue weighted by Gasteiger charge is -2.28. The summed E-state index contributed by atoms with van der Waals surface area (Å²) >= 11 is 0. The summed E-state index contributed by atoms with van der Waals surface area (Å²) in [7, 11) is 0. The second kappa shape index (κ2) is 5.44. The van der Waals surface area contributed by atoms with Crippen molar-refractivity contribution in [2.24, 2.45) is 5.92 Å². The van der Waals surface area contributed by atoms with Crippen molar-refractivity contribution in [1.29, 1.82) is 0 Å². The molecule has 1 fully saturated rings. The number of halogens is 3. The predicted octanol–water partition coefficient (Wildman–Crippen LogP) is 2.79. The number of alkyl halides is 3. The van der Waals surface area contributed by atoms with Crippen LogP contribution in [0, 0.1) is 12.8 Å². The van der Waals surface area contributed by atoms with Gasteiger partial charge in [0.15, 0.2) is 0 Å². The van der Waals surface area contributed by atoms with Crippen LogP contribution in [0.3, 0.4) is 0 Å². The molecular formula is C14H16F3NO2. The molecule has 0 amide bonds. The van der Waals surface area contributed by atoms with Gasteiger partial charge < -0.3 is 10.4 Å². The van der Waals surface area contributed by atoms with Gasteiger partial charge in [-0.2, -0.15) is 13.2 Å². The lowest BCUT2D eigenvalue weighted by molar-refractivity contribution is -0.142. The summed E-state index contributed by atoms with van der Waals surface area (Å²) in [6.45, 7) is 2.29. The van der Waals surface area contributed by atoms with Crippen molar-refractivity contribution in [3.8, 4) is 0 Å². The number of aryl methyl sites for hydroxylation is 1. The first-order valence-corrected chi connectivity index (χ1v) is 6.40. The van der Waals surface area contributed by atoms with Crippen molar-refractivity contribution in [3.63, 3.8) is 0 Å². The van der Waals surface area contributed by atoms with Crippen LogP contribution in [-0.2, 0) is 11.0 Å². The highest BCUT2D eigenvalue weighted by Crippen LogP contribution is 2.35. The first kappa shape index (κ1) is 14.8. The molecule has 1 saturated heterocycles. The van der Waals surface area contributed by atoms with Crippen LogP contribution in [0.5, 0.6) is 0 Å². The average molecular weight is 287 g/mol. The fourth-order valence-electron chi connectivity index (χ4n) is 2.58. The number of carboxylic acid groups (broad SMARTS) is 1. The standard InChI is InChI=1S/C14H16F3NO2/c1-8-2-3-9(5-12(8)14(15,16)17)10-4-11(13(19)20)7-18-6-10/h2-3,5,10-11,18H,4,6-7H2,1H3,(H,19,20). The Morgan fingerprint density at radius 2 is 2.05 bits per heavy atom. The van der Waals surface area contributed by atoms with E-state index in [1.807, 2.05) is 0 Å². The van der Waals surface area contributed by atoms with Crippen LogP contribution in [0.15, 0.2) is 18.2 Å². The summed E-state index contributed by atoms with van der Waals surface area (Å²) < 4.78 is 38.7. The Kier molecular flexibility index (Phi) is 4.04. The Hall–Kier alpha value is -1.56. The lowest BCUT2D eigenvalue weighted by atomic mass is 9.84. The van der Waals surface area contributed by atoms with E-state index >= 15 is 0 Å². The average Bonchev–Trinajstić information content (AvgIpc) is 2.38. The molecule has 0 bridgehead atoms. The van der Waals surface area contributed by atoms with Gasteiger partial charge >= 0.3 is 12.1 Å². The van der Waals surface area contributed by atoms with Crippen molar-refractivity contribution in [2.75, 3.05) is 13.1 Å². The number of carbonyl (C=O) groups is 1. The third kappa shape index (κ3) is 3.12. The van der Waals surface area contributed by atoms with Gasteiger partial charge in [0.25, 0.3) is 0 Å². The Morgan fingerprint density at radius 3 is 2.65 bits per heavy atom. The van der Waals surface area contributed by atoms with Gasteiger partial charge in [-0.05, 0) is 36.5 Å². The highest BCUT2D eigenvalue weighted by atomic mass is 19.4. The largest absolute Gasteiger partial charge is 0.481 e. The molecule has 2 atom stereocenters. The Balaban J connectivity index is 2.27. The van der Waals surface area contributed by atoms with Crippen LogP contribution in [0.4, 0.5) is 13.2 Å². The molecule has 1 aliphatic heterocycles. The van der Waals surface area contributed by atoms with E-state index < -0.39 is 23.6 Å². The minimum Gasteiger partial charge on any atom is -0.481 e. The monoisotopic (exact) mass is 287 g/mol. The van der Waals surface area contributed by atoms with Crippen LogP contribution in [0.25, 0.3) is 0 Å². The lowest BCUT2D eigenvalue weighted by Crippen LogP contribution is -2.38. The van der Waals surface area contributed by atoms with Crippen molar-refractivity contribution < 1.29 is 23.1 Å². The Morgan fingerprint density at radius 1 is 1.35 bits per heavy atom. The van der Waals surface area contributed by atoms with Crippen molar-refractivity contribution in [2.45, 2.75) is 25.4 Å². The molecule has 0 aliphatic carbocycles. The maximum Gasteiger partial charge on any atom is 0.416 e. The zero-order valence-corrected chi connectivity index (χ0v) is 11.0. The Bertz CT molecular complexity index is 514. The van der Waals surface area contributed by atoms with Gasteiger partial charge in [-0.1, -0.05) is 12.1 Å². The van der Waals surface area contributed by atoms with Crippen LogP contribution in [0.1, 0.15) is 29.0 Å². The number of carboxylic acids is 1. The summed E-state index contributed by atoms with van der Waals surface area (Å²) in [6.07, 6.45) is -4.02. The highest BCUT2D eigenvalue weighted by Gasteiger charge is 2.34. The van der Waals surface area contributed by atoms with Crippen LogP contribution in [-0.4, -0.2) is 24.2 Å². The first-order valence-electron chi connectivity index (χ1n) is 6.40. The van der Waals surface area contributed by atoms with E-state index in [0.29, 0.717) is 25.1 Å². The number of nitrogens with one attached hydrogen (secondary N) is 1. The third-order valence-electron chi connectivity index (χ3n) is 3.74. The molecule has 0 saturated carbocycles. The van der Waals surface area contributed by atoms with Gasteiger partial charge in [-0.3, -0.25) is 4.79 Å². The molecule has 0 spiro atoms. The molecule has 2 rings (SSSR count). The smallest absolute Gasteiger partial charge is 0.416 e. The topological polar surface area (TPSA) is 49.3 Å². The van der Waals surface area contributed by atoms with Crippen molar-refractivity contribution in [3.05, 3.63) is 34.9 Å². The van der Waals surface area contributed by atoms with Gasteiger partial charge in [0.1, 0.15) is 0 Å². The van der Waals surface area contributed by atoms with Crippen molar-refractivity contribution >= 4 is 5.97 Å². The van der Waals surface area contributed by atoms with Gasteiger partial charge in [0.2, 0.25) is 0 Å². The molecule has 1 aliphatic rings. The normalized spacial score (nSPS) is 23.6. The molecule has 110 valence electrons. The number of aliphatic carboxylic acids is 1. The summed E-state index contributed by atoms with van der Waals surface area (Å²) in [5.74, 6) is -1.67. The number of rotatable bonds is 2. The second-order valence-corrected chi connectivity index (χ2v) is 5.20. The molecule has 6 heteroatoms. The van der Waals surface area contributed by atoms with Crippen LogP contribution < -0.4 is 5.32 Å². The van der Waals surface area contributed by atoms with Crippen LogP contribution in [0.2, 0.25) is 0 Å². The molecule has 2 unspecified atom stereocenters. The third-order valence-corrected chi connectivity index (χ3v) is 3.74. The first-order chi connectivity index (χ1) is 9.29. The highest BCUT2D eigenvalue weighted by molar-refractivity contribution is 5.70. The molecule has 0 radical (unpaired) electrons. The van der Waals surface area contributed by atoms with Crippen LogP contribution >= 0.6 is 0 Å². The number of piperidine rings is 1. The number of benzene rings is 1. The van der Waals surface area contributed by atoms with Crippen molar-refractivity contribution in [1.82, 2.24) is 5.32 Å². The summed E-state index contributed by atoms with van der Waals surface area (Å²) in [6, 6.07) is 4.25. The van der Waals surface area contributed by atoms with E-state index in [1.54, 1.807) is 6.07 Å². The van der Waals surface area contributed by atoms with E-state index in [1.165, 1.54) is 13.0 Å². The maximum atomic E-state index is 12.9. The molecule has 3 nitrogen and oxygen atoms in total. The zero-order valence-electron chi connectivity index (χ0n) is 11.0.